The topological polar surface area (TPSA) is 97.1 Å². The molecule has 2 heterocycles. The Morgan fingerprint density at radius 1 is 1.45 bits per heavy atom. The van der Waals surface area contributed by atoms with Crippen molar-refractivity contribution in [3.05, 3.63) is 23.5 Å². The fourth-order valence-corrected chi connectivity index (χ4v) is 1.92. The predicted molar refractivity (Wildman–Crippen MR) is 72.6 cm³/mol. The summed E-state index contributed by atoms with van der Waals surface area (Å²) in [7, 11) is 0. The molecule has 0 radical (unpaired) electrons. The van der Waals surface area contributed by atoms with E-state index in [-0.39, 0.29) is 6.04 Å². The van der Waals surface area contributed by atoms with Gasteiger partial charge in [0.15, 0.2) is 5.65 Å². The van der Waals surface area contributed by atoms with Gasteiger partial charge in [-0.25, -0.2) is 9.67 Å². The van der Waals surface area contributed by atoms with Crippen LogP contribution in [-0.4, -0.2) is 38.3 Å². The highest BCUT2D eigenvalue weighted by Crippen LogP contribution is 2.19. The van der Waals surface area contributed by atoms with Crippen molar-refractivity contribution in [3.63, 3.8) is 0 Å². The second kappa shape index (κ2) is 5.28. The molecule has 7 nitrogen and oxygen atoms in total. The molecule has 2 rings (SSSR count). The number of nitrogens with zero attached hydrogens (tertiary/aromatic N) is 3. The van der Waals surface area contributed by atoms with E-state index in [0.717, 1.165) is 5.39 Å². The third-order valence-corrected chi connectivity index (χ3v) is 2.89. The number of aromatic nitrogens is 3. The highest BCUT2D eigenvalue weighted by atomic mass is 16.4. The number of hydrogen-bond donors (Lipinski definition) is 2. The summed E-state index contributed by atoms with van der Waals surface area (Å²) in [4.78, 5) is 26.8. The lowest BCUT2D eigenvalue weighted by atomic mass is 10.1. The smallest absolute Gasteiger partial charge is 0.322 e. The molecule has 0 bridgehead atoms. The first-order valence-electron chi connectivity index (χ1n) is 6.25. The van der Waals surface area contributed by atoms with Crippen molar-refractivity contribution in [1.29, 1.82) is 0 Å². The van der Waals surface area contributed by atoms with Crippen LogP contribution in [0.3, 0.4) is 0 Å². The largest absolute Gasteiger partial charge is 0.480 e. The number of rotatable bonds is 4. The normalized spacial score (nSPS) is 11.0. The van der Waals surface area contributed by atoms with Crippen molar-refractivity contribution in [2.24, 2.45) is 0 Å². The molecule has 2 aromatic heterocycles. The molecule has 0 spiro atoms. The van der Waals surface area contributed by atoms with Crippen LogP contribution < -0.4 is 5.32 Å². The lowest BCUT2D eigenvalue weighted by Crippen LogP contribution is -2.29. The van der Waals surface area contributed by atoms with Gasteiger partial charge in [0.1, 0.15) is 6.54 Å². The van der Waals surface area contributed by atoms with Gasteiger partial charge >= 0.3 is 5.97 Å². The fourth-order valence-electron chi connectivity index (χ4n) is 1.92. The minimum atomic E-state index is -1.09. The number of carbonyl (C=O) groups excluding carboxylic acids is 1. The summed E-state index contributed by atoms with van der Waals surface area (Å²) >= 11 is 0. The van der Waals surface area contributed by atoms with Crippen molar-refractivity contribution in [1.82, 2.24) is 20.1 Å². The second-order valence-electron chi connectivity index (χ2n) is 4.79. The molecular weight excluding hydrogens is 260 g/mol. The van der Waals surface area contributed by atoms with Crippen LogP contribution in [0, 0.1) is 6.92 Å². The Kier molecular flexibility index (Phi) is 3.69. The third kappa shape index (κ3) is 2.61. The summed E-state index contributed by atoms with van der Waals surface area (Å²) in [6.45, 7) is 5.29. The molecule has 0 aromatic carbocycles. The van der Waals surface area contributed by atoms with E-state index in [2.05, 4.69) is 15.4 Å². The first-order chi connectivity index (χ1) is 9.40. The van der Waals surface area contributed by atoms with Gasteiger partial charge in [-0.05, 0) is 26.8 Å². The highest BCUT2D eigenvalue weighted by Gasteiger charge is 2.15. The molecule has 0 unspecified atom stereocenters. The Morgan fingerprint density at radius 3 is 2.75 bits per heavy atom. The van der Waals surface area contributed by atoms with Gasteiger partial charge in [0.2, 0.25) is 0 Å². The van der Waals surface area contributed by atoms with Crippen LogP contribution in [-0.2, 0) is 4.79 Å². The van der Waals surface area contributed by atoms with Crippen molar-refractivity contribution >= 4 is 22.9 Å². The second-order valence-corrected chi connectivity index (χ2v) is 4.79. The summed E-state index contributed by atoms with van der Waals surface area (Å²) in [5.41, 5.74) is 1.62. The molecule has 0 fully saturated rings. The minimum absolute atomic E-state index is 0.172. The number of amides is 1. The molecule has 1 amide bonds. The molecule has 106 valence electrons. The van der Waals surface area contributed by atoms with E-state index in [1.54, 1.807) is 23.9 Å². The molecule has 0 aliphatic carbocycles. The van der Waals surface area contributed by atoms with E-state index in [1.807, 2.05) is 13.8 Å². The van der Waals surface area contributed by atoms with E-state index in [1.165, 1.54) is 0 Å². The summed E-state index contributed by atoms with van der Waals surface area (Å²) in [5, 5.41) is 15.9. The van der Waals surface area contributed by atoms with Gasteiger partial charge < -0.3 is 10.4 Å². The average Bonchev–Trinajstić information content (AvgIpc) is 2.77. The highest BCUT2D eigenvalue weighted by molar-refractivity contribution is 5.99. The molecule has 0 saturated heterocycles. The zero-order chi connectivity index (χ0) is 14.9. The van der Waals surface area contributed by atoms with Crippen LogP contribution in [0.1, 0.15) is 35.9 Å². The number of carboxylic acids is 1. The Labute approximate surface area is 115 Å². The number of pyridine rings is 1. The lowest BCUT2D eigenvalue weighted by Gasteiger charge is -2.09. The molecule has 0 atom stereocenters. The zero-order valence-corrected chi connectivity index (χ0v) is 11.5. The first kappa shape index (κ1) is 14.0. The Morgan fingerprint density at radius 2 is 2.15 bits per heavy atom. The van der Waals surface area contributed by atoms with Gasteiger partial charge in [0.05, 0.1) is 17.5 Å². The number of aryl methyl sites for hydroxylation is 1. The predicted octanol–water partition coefficient (Wildman–Crippen LogP) is 1.14. The van der Waals surface area contributed by atoms with Gasteiger partial charge in [0.25, 0.3) is 5.91 Å². The molecule has 0 aliphatic heterocycles. The molecule has 2 aromatic rings. The fraction of sp³-hybridized carbons (Fsp3) is 0.385. The van der Waals surface area contributed by atoms with Gasteiger partial charge in [-0.1, -0.05) is 0 Å². The van der Waals surface area contributed by atoms with Crippen LogP contribution in [0.4, 0.5) is 0 Å². The molecule has 0 aliphatic rings. The van der Waals surface area contributed by atoms with Gasteiger partial charge in [-0.3, -0.25) is 9.59 Å². The average molecular weight is 276 g/mol. The molecule has 0 saturated carbocycles. The molecule has 2 N–H and O–H groups in total. The number of aliphatic carboxylic acids is 1. The van der Waals surface area contributed by atoms with E-state index in [0.29, 0.717) is 16.9 Å². The van der Waals surface area contributed by atoms with Crippen LogP contribution in [0.2, 0.25) is 0 Å². The van der Waals surface area contributed by atoms with Gasteiger partial charge in [-0.15, -0.1) is 0 Å². The molecule has 7 heteroatoms. The van der Waals surface area contributed by atoms with Gasteiger partial charge in [0, 0.05) is 11.4 Å². The van der Waals surface area contributed by atoms with Crippen LogP contribution in [0.5, 0.6) is 0 Å². The maximum absolute atomic E-state index is 11.9. The quantitative estimate of drug-likeness (QED) is 0.872. The van der Waals surface area contributed by atoms with E-state index in [9.17, 15) is 9.59 Å². The van der Waals surface area contributed by atoms with E-state index < -0.39 is 18.4 Å². The number of carboxylic acid groups (broad SMARTS) is 1. The summed E-state index contributed by atoms with van der Waals surface area (Å²) in [6.07, 6.45) is 1.65. The first-order valence-corrected chi connectivity index (χ1v) is 6.25. The Balaban J connectivity index is 2.39. The Hall–Kier alpha value is -2.44. The van der Waals surface area contributed by atoms with Crippen molar-refractivity contribution < 1.29 is 14.7 Å². The monoisotopic (exact) mass is 276 g/mol. The third-order valence-electron chi connectivity index (χ3n) is 2.89. The van der Waals surface area contributed by atoms with Crippen molar-refractivity contribution in [2.45, 2.75) is 26.8 Å². The van der Waals surface area contributed by atoms with Crippen LogP contribution in [0.25, 0.3) is 11.0 Å². The standard InChI is InChI=1S/C13H16N4O3/c1-7(2)17-12-9(5-15-17)4-10(8(3)16-12)13(20)14-6-11(18)19/h4-5,7H,6H2,1-3H3,(H,14,20)(H,18,19). The SMILES string of the molecule is Cc1nc2c(cnn2C(C)C)cc1C(=O)NCC(=O)O. The number of hydrogen-bond acceptors (Lipinski definition) is 4. The van der Waals surface area contributed by atoms with Crippen LogP contribution in [0.15, 0.2) is 12.3 Å². The van der Waals surface area contributed by atoms with Crippen molar-refractivity contribution in [2.75, 3.05) is 6.54 Å². The van der Waals surface area contributed by atoms with Crippen LogP contribution >= 0.6 is 0 Å². The van der Waals surface area contributed by atoms with Crippen molar-refractivity contribution in [3.8, 4) is 0 Å². The summed E-state index contributed by atoms with van der Waals surface area (Å²) in [6, 6.07) is 1.85. The Bertz CT molecular complexity index is 676. The molecular formula is C13H16N4O3. The van der Waals surface area contributed by atoms with E-state index >= 15 is 0 Å². The number of nitrogens with one attached hydrogen (secondary N) is 1. The summed E-state index contributed by atoms with van der Waals surface area (Å²) < 4.78 is 1.78. The molecule has 20 heavy (non-hydrogen) atoms. The van der Waals surface area contributed by atoms with Gasteiger partial charge in [-0.2, -0.15) is 5.10 Å². The lowest BCUT2D eigenvalue weighted by molar-refractivity contribution is -0.135. The zero-order valence-electron chi connectivity index (χ0n) is 11.5. The maximum atomic E-state index is 11.9. The number of fused-ring (bicyclic) bond motifs is 1. The number of carbonyl (C=O) groups is 2. The maximum Gasteiger partial charge on any atom is 0.322 e. The summed E-state index contributed by atoms with van der Waals surface area (Å²) in [5.74, 6) is -1.53. The van der Waals surface area contributed by atoms with E-state index in [4.69, 9.17) is 5.11 Å². The minimum Gasteiger partial charge on any atom is -0.480 e.